The van der Waals surface area contributed by atoms with Crippen LogP contribution in [0.1, 0.15) is 174 Å². The Morgan fingerprint density at radius 2 is 0.935 bits per heavy atom. The molecule has 0 unspecified atom stereocenters. The number of carbonyl (C=O) groups excluding carboxylic acids is 1. The molecule has 0 aromatic heterocycles. The van der Waals surface area contributed by atoms with E-state index in [-0.39, 0.29) is 11.6 Å². The first-order valence-electron chi connectivity index (χ1n) is 14.4. The van der Waals surface area contributed by atoms with Gasteiger partial charge in [0.25, 0.3) is 0 Å². The third kappa shape index (κ3) is 17.7. The predicted octanol–water partition coefficient (Wildman–Crippen LogP) is 10.1. The van der Waals surface area contributed by atoms with Crippen LogP contribution < -0.4 is 0 Å². The average Bonchev–Trinajstić information content (AvgIpc) is 2.75. The first kappa shape index (κ1) is 28.5. The van der Waals surface area contributed by atoms with Crippen molar-refractivity contribution in [3.05, 3.63) is 0 Å². The second-order valence-corrected chi connectivity index (χ2v) is 10.6. The molecule has 0 heterocycles. The van der Waals surface area contributed by atoms with Gasteiger partial charge in [-0.1, -0.05) is 129 Å². The highest BCUT2D eigenvalue weighted by molar-refractivity contribution is 5.69. The van der Waals surface area contributed by atoms with Crippen LogP contribution in [0.5, 0.6) is 0 Å². The Labute approximate surface area is 195 Å². The molecule has 0 N–H and O–H groups in total. The van der Waals surface area contributed by atoms with Gasteiger partial charge in [-0.15, -0.1) is 0 Å². The molecule has 0 radical (unpaired) electrons. The highest BCUT2D eigenvalue weighted by Crippen LogP contribution is 2.31. The maximum Gasteiger partial charge on any atom is 0.306 e. The molecule has 1 aliphatic carbocycles. The van der Waals surface area contributed by atoms with Crippen molar-refractivity contribution < 1.29 is 9.53 Å². The second-order valence-electron chi connectivity index (χ2n) is 10.6. The van der Waals surface area contributed by atoms with E-state index in [2.05, 4.69) is 13.8 Å². The van der Waals surface area contributed by atoms with Gasteiger partial charge < -0.3 is 4.74 Å². The van der Waals surface area contributed by atoms with E-state index in [1.165, 1.54) is 135 Å². The van der Waals surface area contributed by atoms with Crippen molar-refractivity contribution in [1.29, 1.82) is 0 Å². The Balaban J connectivity index is 1.74. The van der Waals surface area contributed by atoms with E-state index in [9.17, 15) is 4.79 Å². The van der Waals surface area contributed by atoms with Crippen molar-refractivity contribution in [1.82, 2.24) is 0 Å². The lowest BCUT2D eigenvalue weighted by molar-refractivity contribution is -0.161. The molecule has 0 bridgehead atoms. The molecule has 1 rings (SSSR count). The van der Waals surface area contributed by atoms with Crippen molar-refractivity contribution in [2.75, 3.05) is 0 Å². The summed E-state index contributed by atoms with van der Waals surface area (Å²) in [6, 6.07) is 0. The molecule has 0 aliphatic heterocycles. The van der Waals surface area contributed by atoms with Crippen LogP contribution in [-0.4, -0.2) is 11.6 Å². The lowest BCUT2D eigenvalue weighted by Gasteiger charge is -2.33. The largest absolute Gasteiger partial charge is 0.459 e. The molecular formula is C29H56O2. The molecule has 31 heavy (non-hydrogen) atoms. The van der Waals surface area contributed by atoms with Gasteiger partial charge in [-0.05, 0) is 39.0 Å². The molecule has 0 aromatic carbocycles. The first-order valence-corrected chi connectivity index (χ1v) is 14.4. The zero-order chi connectivity index (χ0) is 22.5. The Kier molecular flexibility index (Phi) is 18.5. The molecule has 0 amide bonds. The minimum atomic E-state index is -0.163. The summed E-state index contributed by atoms with van der Waals surface area (Å²) in [5, 5.41) is 0. The van der Waals surface area contributed by atoms with Crippen LogP contribution in [0.4, 0.5) is 0 Å². The summed E-state index contributed by atoms with van der Waals surface area (Å²) in [4.78, 5) is 12.1. The van der Waals surface area contributed by atoms with E-state index in [0.29, 0.717) is 6.42 Å². The van der Waals surface area contributed by atoms with E-state index in [1.807, 2.05) is 0 Å². The monoisotopic (exact) mass is 436 g/mol. The zero-order valence-corrected chi connectivity index (χ0v) is 21.5. The van der Waals surface area contributed by atoms with Crippen molar-refractivity contribution in [3.63, 3.8) is 0 Å². The van der Waals surface area contributed by atoms with Gasteiger partial charge in [0.05, 0.1) is 0 Å². The molecule has 1 saturated carbocycles. The Bertz CT molecular complexity index is 398. The van der Waals surface area contributed by atoms with E-state index < -0.39 is 0 Å². The molecule has 0 spiro atoms. The summed E-state index contributed by atoms with van der Waals surface area (Å²) in [5.41, 5.74) is -0.163. The molecule has 184 valence electrons. The van der Waals surface area contributed by atoms with Gasteiger partial charge in [0, 0.05) is 6.42 Å². The number of carbonyl (C=O) groups is 1. The SMILES string of the molecule is CCCCCCCCCCCCCCCCCCCCCC(=O)OC1(C)CCCCC1. The Morgan fingerprint density at radius 1 is 0.581 bits per heavy atom. The lowest BCUT2D eigenvalue weighted by atomic mass is 9.86. The molecular weight excluding hydrogens is 380 g/mol. The highest BCUT2D eigenvalue weighted by atomic mass is 16.6. The minimum Gasteiger partial charge on any atom is -0.459 e. The van der Waals surface area contributed by atoms with Crippen molar-refractivity contribution in [2.45, 2.75) is 180 Å². The summed E-state index contributed by atoms with van der Waals surface area (Å²) < 4.78 is 5.78. The normalized spacial score (nSPS) is 15.8. The molecule has 0 atom stereocenters. The number of hydrogen-bond donors (Lipinski definition) is 0. The van der Waals surface area contributed by atoms with Crippen molar-refractivity contribution >= 4 is 5.97 Å². The van der Waals surface area contributed by atoms with E-state index >= 15 is 0 Å². The molecule has 2 nitrogen and oxygen atoms in total. The molecule has 2 heteroatoms. The second kappa shape index (κ2) is 20.1. The maximum absolute atomic E-state index is 12.1. The summed E-state index contributed by atoms with van der Waals surface area (Å²) in [6.07, 6.45) is 32.8. The average molecular weight is 437 g/mol. The fourth-order valence-electron chi connectivity index (χ4n) is 5.08. The molecule has 1 aliphatic rings. The predicted molar refractivity (Wildman–Crippen MR) is 136 cm³/mol. The number of esters is 1. The standard InChI is InChI=1S/C29H56O2/c1-3-4-5-6-7-8-9-10-11-12-13-14-15-16-17-18-19-20-22-25-28(30)31-29(2)26-23-21-24-27-29/h3-27H2,1-2H3. The maximum atomic E-state index is 12.1. The number of rotatable bonds is 21. The topological polar surface area (TPSA) is 26.3 Å². The molecule has 1 fully saturated rings. The third-order valence-electron chi connectivity index (χ3n) is 7.26. The van der Waals surface area contributed by atoms with E-state index in [1.54, 1.807) is 0 Å². The fourth-order valence-corrected chi connectivity index (χ4v) is 5.08. The van der Waals surface area contributed by atoms with Gasteiger partial charge in [0.2, 0.25) is 0 Å². The molecule has 0 saturated heterocycles. The highest BCUT2D eigenvalue weighted by Gasteiger charge is 2.30. The number of unbranched alkanes of at least 4 members (excludes halogenated alkanes) is 18. The van der Waals surface area contributed by atoms with Crippen LogP contribution in [0.3, 0.4) is 0 Å². The van der Waals surface area contributed by atoms with Gasteiger partial charge in [-0.3, -0.25) is 4.79 Å². The lowest BCUT2D eigenvalue weighted by Crippen LogP contribution is -2.33. The smallest absolute Gasteiger partial charge is 0.306 e. The van der Waals surface area contributed by atoms with Crippen molar-refractivity contribution in [2.24, 2.45) is 0 Å². The Hall–Kier alpha value is -0.530. The summed E-state index contributed by atoms with van der Waals surface area (Å²) in [6.45, 7) is 4.42. The van der Waals surface area contributed by atoms with Gasteiger partial charge in [-0.2, -0.15) is 0 Å². The van der Waals surface area contributed by atoms with Crippen LogP contribution in [0.2, 0.25) is 0 Å². The van der Waals surface area contributed by atoms with E-state index in [0.717, 1.165) is 19.3 Å². The van der Waals surface area contributed by atoms with E-state index in [4.69, 9.17) is 4.74 Å². The van der Waals surface area contributed by atoms with Crippen LogP contribution in [0, 0.1) is 0 Å². The quantitative estimate of drug-likeness (QED) is 0.132. The van der Waals surface area contributed by atoms with Gasteiger partial charge in [-0.25, -0.2) is 0 Å². The zero-order valence-electron chi connectivity index (χ0n) is 21.5. The van der Waals surface area contributed by atoms with Crippen LogP contribution in [0.25, 0.3) is 0 Å². The minimum absolute atomic E-state index is 0.0383. The summed E-state index contributed by atoms with van der Waals surface area (Å²) >= 11 is 0. The van der Waals surface area contributed by atoms with Gasteiger partial charge in [0.1, 0.15) is 5.60 Å². The fraction of sp³-hybridized carbons (Fsp3) is 0.966. The first-order chi connectivity index (χ1) is 15.2. The van der Waals surface area contributed by atoms with Gasteiger partial charge >= 0.3 is 5.97 Å². The van der Waals surface area contributed by atoms with Crippen LogP contribution in [0.15, 0.2) is 0 Å². The van der Waals surface area contributed by atoms with Crippen molar-refractivity contribution in [3.8, 4) is 0 Å². The van der Waals surface area contributed by atoms with Crippen LogP contribution >= 0.6 is 0 Å². The van der Waals surface area contributed by atoms with Crippen LogP contribution in [-0.2, 0) is 9.53 Å². The van der Waals surface area contributed by atoms with Gasteiger partial charge in [0.15, 0.2) is 0 Å². The summed E-state index contributed by atoms with van der Waals surface area (Å²) in [7, 11) is 0. The molecule has 0 aromatic rings. The number of ether oxygens (including phenoxy) is 1. The third-order valence-corrected chi connectivity index (χ3v) is 7.26. The number of hydrogen-bond acceptors (Lipinski definition) is 2. The summed E-state index contributed by atoms with van der Waals surface area (Å²) in [5.74, 6) is 0.0383. The Morgan fingerprint density at radius 3 is 1.32 bits per heavy atom.